The molecule has 0 aliphatic carbocycles. The van der Waals surface area contributed by atoms with Gasteiger partial charge in [0.05, 0.1) is 6.61 Å². The van der Waals surface area contributed by atoms with Crippen LogP contribution in [0.15, 0.2) is 23.3 Å². The van der Waals surface area contributed by atoms with E-state index in [9.17, 15) is 4.79 Å². The Kier molecular flexibility index (Phi) is 11.9. The first kappa shape index (κ1) is 20.9. The van der Waals surface area contributed by atoms with Gasteiger partial charge in [0, 0.05) is 6.08 Å². The second-order valence-electron chi connectivity index (χ2n) is 6.42. The summed E-state index contributed by atoms with van der Waals surface area (Å²) in [6.07, 6.45) is 11.5. The van der Waals surface area contributed by atoms with Crippen molar-refractivity contribution in [2.75, 3.05) is 6.61 Å². The molecule has 0 N–H and O–H groups in total. The molecule has 0 aromatic carbocycles. The van der Waals surface area contributed by atoms with E-state index in [-0.39, 0.29) is 5.97 Å². The lowest BCUT2D eigenvalue weighted by Crippen LogP contribution is -2.02. The highest BCUT2D eigenvalue weighted by atomic mass is 16.5. The third-order valence-electron chi connectivity index (χ3n) is 4.58. The fourth-order valence-electron chi connectivity index (χ4n) is 2.43. The van der Waals surface area contributed by atoms with E-state index < -0.39 is 0 Å². The maximum atomic E-state index is 11.5. The molecule has 2 heteroatoms. The zero-order chi connectivity index (χ0) is 17.0. The number of rotatable bonds is 11. The highest BCUT2D eigenvalue weighted by Crippen LogP contribution is 2.22. The Balaban J connectivity index is 4.35. The molecule has 0 amide bonds. The second kappa shape index (κ2) is 12.5. The molecular weight excluding hydrogens is 272 g/mol. The Morgan fingerprint density at radius 1 is 1.05 bits per heavy atom. The average Bonchev–Trinajstić information content (AvgIpc) is 2.49. The molecule has 2 unspecified atom stereocenters. The summed E-state index contributed by atoms with van der Waals surface area (Å²) in [4.78, 5) is 11.5. The predicted octanol–water partition coefficient (Wildman–Crippen LogP) is 6.07. The summed E-state index contributed by atoms with van der Waals surface area (Å²) in [7, 11) is 0. The van der Waals surface area contributed by atoms with E-state index >= 15 is 0 Å². The fraction of sp³-hybridized carbons (Fsp3) is 0.750. The van der Waals surface area contributed by atoms with Crippen molar-refractivity contribution in [1.82, 2.24) is 0 Å². The van der Waals surface area contributed by atoms with Crippen molar-refractivity contribution in [2.24, 2.45) is 11.8 Å². The van der Waals surface area contributed by atoms with Crippen LogP contribution < -0.4 is 0 Å². The lowest BCUT2D eigenvalue weighted by molar-refractivity contribution is -0.137. The number of hydrogen-bond acceptors (Lipinski definition) is 2. The van der Waals surface area contributed by atoms with Crippen LogP contribution in [0.25, 0.3) is 0 Å². The zero-order valence-corrected chi connectivity index (χ0v) is 15.6. The molecule has 0 saturated heterocycles. The molecule has 0 fully saturated rings. The van der Waals surface area contributed by atoms with Crippen LogP contribution in [-0.2, 0) is 9.53 Å². The van der Waals surface area contributed by atoms with Crippen molar-refractivity contribution in [1.29, 1.82) is 0 Å². The molecule has 2 nitrogen and oxygen atoms in total. The van der Waals surface area contributed by atoms with Gasteiger partial charge >= 0.3 is 5.97 Å². The summed E-state index contributed by atoms with van der Waals surface area (Å²) < 4.78 is 4.95. The van der Waals surface area contributed by atoms with Crippen molar-refractivity contribution in [3.05, 3.63) is 23.3 Å². The summed E-state index contributed by atoms with van der Waals surface area (Å²) in [5.74, 6) is 1.37. The van der Waals surface area contributed by atoms with Crippen molar-refractivity contribution < 1.29 is 9.53 Å². The van der Waals surface area contributed by atoms with Gasteiger partial charge in [0.25, 0.3) is 0 Å². The minimum absolute atomic E-state index is 0.242. The Hall–Kier alpha value is -1.05. The summed E-state index contributed by atoms with van der Waals surface area (Å²) in [6.45, 7) is 13.2. The van der Waals surface area contributed by atoms with Gasteiger partial charge in [0.15, 0.2) is 0 Å². The quantitative estimate of drug-likeness (QED) is 0.263. The topological polar surface area (TPSA) is 26.3 Å². The van der Waals surface area contributed by atoms with Crippen LogP contribution in [0, 0.1) is 11.8 Å². The molecule has 0 saturated carbocycles. The minimum Gasteiger partial charge on any atom is -0.463 e. The zero-order valence-electron chi connectivity index (χ0n) is 15.6. The maximum absolute atomic E-state index is 11.5. The predicted molar refractivity (Wildman–Crippen MR) is 95.9 cm³/mol. The Morgan fingerprint density at radius 3 is 2.27 bits per heavy atom. The number of carbonyl (C=O) groups is 1. The summed E-state index contributed by atoms with van der Waals surface area (Å²) in [5, 5.41) is 0. The van der Waals surface area contributed by atoms with Crippen LogP contribution in [0.3, 0.4) is 0 Å². The molecule has 22 heavy (non-hydrogen) atoms. The van der Waals surface area contributed by atoms with E-state index in [1.54, 1.807) is 6.08 Å². The molecule has 2 atom stereocenters. The van der Waals surface area contributed by atoms with Crippen molar-refractivity contribution in [3.63, 3.8) is 0 Å². The molecule has 0 aliphatic heterocycles. The summed E-state index contributed by atoms with van der Waals surface area (Å²) >= 11 is 0. The van der Waals surface area contributed by atoms with E-state index in [2.05, 4.69) is 33.8 Å². The highest BCUT2D eigenvalue weighted by molar-refractivity contribution is 5.83. The average molecular weight is 309 g/mol. The molecule has 0 heterocycles. The van der Waals surface area contributed by atoms with Crippen LogP contribution in [0.2, 0.25) is 0 Å². The molecule has 0 aliphatic rings. The summed E-state index contributed by atoms with van der Waals surface area (Å²) in [6, 6.07) is 0. The van der Waals surface area contributed by atoms with Gasteiger partial charge in [-0.15, -0.1) is 0 Å². The van der Waals surface area contributed by atoms with Gasteiger partial charge in [-0.2, -0.15) is 0 Å². The van der Waals surface area contributed by atoms with Crippen LogP contribution >= 0.6 is 0 Å². The lowest BCUT2D eigenvalue weighted by atomic mass is 9.91. The van der Waals surface area contributed by atoms with Crippen molar-refractivity contribution in [2.45, 2.75) is 80.1 Å². The van der Waals surface area contributed by atoms with E-state index in [1.807, 2.05) is 13.8 Å². The lowest BCUT2D eigenvalue weighted by Gasteiger charge is -2.15. The Morgan fingerprint density at radius 2 is 1.73 bits per heavy atom. The molecule has 0 aromatic rings. The van der Waals surface area contributed by atoms with Crippen LogP contribution in [-0.4, -0.2) is 12.6 Å². The van der Waals surface area contributed by atoms with E-state index in [0.29, 0.717) is 6.61 Å². The van der Waals surface area contributed by atoms with Crippen LogP contribution in [0.4, 0.5) is 0 Å². The van der Waals surface area contributed by atoms with E-state index in [0.717, 1.165) is 23.8 Å². The second-order valence-corrected chi connectivity index (χ2v) is 6.42. The van der Waals surface area contributed by atoms with Crippen LogP contribution in [0.5, 0.6) is 0 Å². The molecule has 0 aromatic heterocycles. The molecule has 0 spiro atoms. The molecule has 0 radical (unpaired) electrons. The SMILES string of the molecule is CCOC(=O)C=C(C)C(C)=CCC(CC)CCCC(C)CC. The Labute approximate surface area is 138 Å². The highest BCUT2D eigenvalue weighted by Gasteiger charge is 2.07. The fourth-order valence-corrected chi connectivity index (χ4v) is 2.43. The van der Waals surface area contributed by atoms with E-state index in [4.69, 9.17) is 4.74 Å². The first-order valence-electron chi connectivity index (χ1n) is 8.96. The van der Waals surface area contributed by atoms with Gasteiger partial charge in [0.1, 0.15) is 0 Å². The van der Waals surface area contributed by atoms with Gasteiger partial charge in [-0.05, 0) is 44.6 Å². The monoisotopic (exact) mass is 308 g/mol. The number of hydrogen-bond donors (Lipinski definition) is 0. The Bertz CT molecular complexity index is 366. The first-order chi connectivity index (χ1) is 10.4. The van der Waals surface area contributed by atoms with Gasteiger partial charge < -0.3 is 4.74 Å². The third kappa shape index (κ3) is 9.81. The number of carbonyl (C=O) groups excluding carboxylic acids is 1. The number of allylic oxidation sites excluding steroid dienone is 3. The van der Waals surface area contributed by atoms with Crippen molar-refractivity contribution >= 4 is 5.97 Å². The summed E-state index contributed by atoms with van der Waals surface area (Å²) in [5.41, 5.74) is 2.20. The van der Waals surface area contributed by atoms with Gasteiger partial charge in [0.2, 0.25) is 0 Å². The third-order valence-corrected chi connectivity index (χ3v) is 4.58. The molecule has 0 rings (SSSR count). The van der Waals surface area contributed by atoms with Crippen molar-refractivity contribution in [3.8, 4) is 0 Å². The number of ether oxygens (including phenoxy) is 1. The smallest absolute Gasteiger partial charge is 0.331 e. The van der Waals surface area contributed by atoms with Gasteiger partial charge in [-0.3, -0.25) is 0 Å². The molecular formula is C20H36O2. The van der Waals surface area contributed by atoms with Gasteiger partial charge in [-0.25, -0.2) is 4.79 Å². The molecule has 128 valence electrons. The minimum atomic E-state index is -0.242. The van der Waals surface area contributed by atoms with Crippen LogP contribution in [0.1, 0.15) is 80.1 Å². The largest absolute Gasteiger partial charge is 0.463 e. The normalized spacial score (nSPS) is 15.5. The number of esters is 1. The van der Waals surface area contributed by atoms with E-state index in [1.165, 1.54) is 37.7 Å². The first-order valence-corrected chi connectivity index (χ1v) is 8.96. The molecule has 0 bridgehead atoms. The maximum Gasteiger partial charge on any atom is 0.331 e. The standard InChI is InChI=1S/C20H36O2/c1-7-16(4)11-10-12-19(8-2)14-13-17(5)18(6)15-20(21)22-9-3/h13,15-16,19H,7-12,14H2,1-6H3. The van der Waals surface area contributed by atoms with Gasteiger partial charge in [-0.1, -0.05) is 64.5 Å².